The van der Waals surface area contributed by atoms with E-state index in [1.807, 2.05) is 25.1 Å². The summed E-state index contributed by atoms with van der Waals surface area (Å²) in [6.45, 7) is 1.99. The average Bonchev–Trinajstić information content (AvgIpc) is 1.94. The summed E-state index contributed by atoms with van der Waals surface area (Å²) in [5, 5.41) is 0.746. The maximum Gasteiger partial charge on any atom is 0.0417 e. The van der Waals surface area contributed by atoms with Gasteiger partial charge in [0.2, 0.25) is 0 Å². The van der Waals surface area contributed by atoms with E-state index >= 15 is 0 Å². The summed E-state index contributed by atoms with van der Waals surface area (Å²) in [6.07, 6.45) is 0.873. The van der Waals surface area contributed by atoms with Crippen molar-refractivity contribution >= 4 is 27.5 Å². The van der Waals surface area contributed by atoms with Crippen LogP contribution < -0.4 is 5.73 Å². The van der Waals surface area contributed by atoms with Gasteiger partial charge in [0.1, 0.15) is 0 Å². The van der Waals surface area contributed by atoms with Crippen molar-refractivity contribution in [1.82, 2.24) is 0 Å². The minimum absolute atomic E-state index is 0.183. The lowest BCUT2D eigenvalue weighted by molar-refractivity contribution is 0.736. The Hall–Kier alpha value is -0.0500. The second-order valence-corrected chi connectivity index (χ2v) is 4.21. The number of nitrogens with two attached hydrogens (primary N) is 1. The molecule has 0 saturated carbocycles. The Morgan fingerprint density at radius 2 is 2.25 bits per heavy atom. The molecular weight excluding hydrogens is 237 g/mol. The summed E-state index contributed by atoms with van der Waals surface area (Å²) < 4.78 is 1.03. The number of hydrogen-bond acceptors (Lipinski definition) is 1. The van der Waals surface area contributed by atoms with E-state index in [1.165, 1.54) is 5.56 Å². The Morgan fingerprint density at radius 3 is 2.75 bits per heavy atom. The van der Waals surface area contributed by atoms with Gasteiger partial charge in [0.15, 0.2) is 0 Å². The van der Waals surface area contributed by atoms with Crippen LogP contribution in [-0.2, 0) is 6.42 Å². The van der Waals surface area contributed by atoms with Gasteiger partial charge < -0.3 is 5.73 Å². The molecule has 2 N–H and O–H groups in total. The van der Waals surface area contributed by atoms with Crippen LogP contribution in [0.15, 0.2) is 22.7 Å². The van der Waals surface area contributed by atoms with Gasteiger partial charge in [-0.05, 0) is 31.0 Å². The molecule has 0 fully saturated rings. The summed E-state index contributed by atoms with van der Waals surface area (Å²) in [6, 6.07) is 5.95. The molecule has 0 radical (unpaired) electrons. The maximum absolute atomic E-state index is 5.79. The highest BCUT2D eigenvalue weighted by molar-refractivity contribution is 9.10. The molecule has 0 spiro atoms. The maximum atomic E-state index is 5.79. The monoisotopic (exact) mass is 247 g/mol. The highest BCUT2D eigenvalue weighted by Crippen LogP contribution is 2.22. The number of hydrogen-bond donors (Lipinski definition) is 1. The van der Waals surface area contributed by atoms with Gasteiger partial charge in [-0.2, -0.15) is 0 Å². The van der Waals surface area contributed by atoms with Gasteiger partial charge >= 0.3 is 0 Å². The summed E-state index contributed by atoms with van der Waals surface area (Å²) in [7, 11) is 0. The third kappa shape index (κ3) is 2.77. The minimum atomic E-state index is 0.183. The second-order valence-electron chi connectivity index (χ2n) is 2.92. The standard InChI is InChI=1S/C9H11BrClN/c1-6(12)4-7-2-3-8(11)5-9(7)10/h2-3,5-6H,4,12H2,1H3/t6-/m0/s1. The first-order valence-electron chi connectivity index (χ1n) is 3.79. The van der Waals surface area contributed by atoms with E-state index in [4.69, 9.17) is 17.3 Å². The quantitative estimate of drug-likeness (QED) is 0.855. The first kappa shape index (κ1) is 10.0. The zero-order valence-electron chi connectivity index (χ0n) is 6.85. The number of benzene rings is 1. The molecule has 3 heteroatoms. The Balaban J connectivity index is 2.86. The molecule has 66 valence electrons. The molecule has 1 aromatic carbocycles. The zero-order valence-corrected chi connectivity index (χ0v) is 9.19. The van der Waals surface area contributed by atoms with Crippen LogP contribution in [0.25, 0.3) is 0 Å². The van der Waals surface area contributed by atoms with E-state index in [-0.39, 0.29) is 6.04 Å². The average molecular weight is 249 g/mol. The Kier molecular flexibility index (Phi) is 3.56. The smallest absolute Gasteiger partial charge is 0.0417 e. The first-order chi connectivity index (χ1) is 5.59. The summed E-state index contributed by atoms with van der Waals surface area (Å²) in [5.74, 6) is 0. The van der Waals surface area contributed by atoms with Crippen LogP contribution in [0, 0.1) is 0 Å². The Morgan fingerprint density at radius 1 is 1.58 bits per heavy atom. The van der Waals surface area contributed by atoms with Crippen molar-refractivity contribution in [2.24, 2.45) is 5.73 Å². The molecule has 0 aliphatic heterocycles. The third-order valence-electron chi connectivity index (χ3n) is 1.56. The van der Waals surface area contributed by atoms with Gasteiger partial charge in [-0.3, -0.25) is 0 Å². The predicted octanol–water partition coefficient (Wildman–Crippen LogP) is 2.99. The molecule has 1 atom stereocenters. The van der Waals surface area contributed by atoms with Crippen LogP contribution in [0.1, 0.15) is 12.5 Å². The lowest BCUT2D eigenvalue weighted by Gasteiger charge is -2.07. The van der Waals surface area contributed by atoms with Crippen LogP contribution in [-0.4, -0.2) is 6.04 Å². The largest absolute Gasteiger partial charge is 0.328 e. The van der Waals surface area contributed by atoms with Crippen molar-refractivity contribution in [3.05, 3.63) is 33.3 Å². The molecule has 0 heterocycles. The molecule has 0 amide bonds. The molecule has 0 unspecified atom stereocenters. The van der Waals surface area contributed by atoms with Crippen molar-refractivity contribution in [2.45, 2.75) is 19.4 Å². The highest BCUT2D eigenvalue weighted by Gasteiger charge is 2.02. The van der Waals surface area contributed by atoms with Crippen molar-refractivity contribution < 1.29 is 0 Å². The SMILES string of the molecule is C[C@H](N)Cc1ccc(Cl)cc1Br. The molecule has 0 aliphatic rings. The summed E-state index contributed by atoms with van der Waals surface area (Å²) in [4.78, 5) is 0. The van der Waals surface area contributed by atoms with E-state index in [2.05, 4.69) is 15.9 Å². The van der Waals surface area contributed by atoms with E-state index in [1.54, 1.807) is 0 Å². The highest BCUT2D eigenvalue weighted by atomic mass is 79.9. The van der Waals surface area contributed by atoms with Gasteiger partial charge in [-0.25, -0.2) is 0 Å². The molecule has 1 nitrogen and oxygen atoms in total. The molecular formula is C9H11BrClN. The molecule has 0 bridgehead atoms. The molecule has 12 heavy (non-hydrogen) atoms. The fraction of sp³-hybridized carbons (Fsp3) is 0.333. The topological polar surface area (TPSA) is 26.0 Å². The Bertz CT molecular complexity index is 273. The van der Waals surface area contributed by atoms with E-state index < -0.39 is 0 Å². The van der Waals surface area contributed by atoms with Crippen LogP contribution in [0.5, 0.6) is 0 Å². The van der Waals surface area contributed by atoms with E-state index in [0.29, 0.717) is 0 Å². The van der Waals surface area contributed by atoms with Crippen molar-refractivity contribution in [1.29, 1.82) is 0 Å². The molecule has 0 aromatic heterocycles. The van der Waals surface area contributed by atoms with Gasteiger partial charge in [0.25, 0.3) is 0 Å². The lowest BCUT2D eigenvalue weighted by atomic mass is 10.1. The first-order valence-corrected chi connectivity index (χ1v) is 4.96. The zero-order chi connectivity index (χ0) is 9.14. The Labute approximate surface area is 86.0 Å². The predicted molar refractivity (Wildman–Crippen MR) is 56.5 cm³/mol. The third-order valence-corrected chi connectivity index (χ3v) is 2.53. The fourth-order valence-electron chi connectivity index (χ4n) is 1.03. The van der Waals surface area contributed by atoms with Crippen LogP contribution >= 0.6 is 27.5 Å². The fourth-order valence-corrected chi connectivity index (χ4v) is 1.88. The van der Waals surface area contributed by atoms with Crippen molar-refractivity contribution in [3.8, 4) is 0 Å². The van der Waals surface area contributed by atoms with Crippen molar-refractivity contribution in [2.75, 3.05) is 0 Å². The van der Waals surface area contributed by atoms with Gasteiger partial charge in [-0.15, -0.1) is 0 Å². The minimum Gasteiger partial charge on any atom is -0.328 e. The van der Waals surface area contributed by atoms with Crippen LogP contribution in [0.4, 0.5) is 0 Å². The van der Waals surface area contributed by atoms with Gasteiger partial charge in [0, 0.05) is 15.5 Å². The number of rotatable bonds is 2. The van der Waals surface area contributed by atoms with Crippen LogP contribution in [0.2, 0.25) is 5.02 Å². The molecule has 0 saturated heterocycles. The molecule has 1 rings (SSSR count). The molecule has 1 aromatic rings. The summed E-state index contributed by atoms with van der Waals surface area (Å²) in [5.41, 5.74) is 6.88. The molecule has 0 aliphatic carbocycles. The van der Waals surface area contributed by atoms with Gasteiger partial charge in [-0.1, -0.05) is 33.6 Å². The lowest BCUT2D eigenvalue weighted by Crippen LogP contribution is -2.17. The second kappa shape index (κ2) is 4.26. The normalized spacial score (nSPS) is 13.0. The number of halogens is 2. The van der Waals surface area contributed by atoms with Crippen molar-refractivity contribution in [3.63, 3.8) is 0 Å². The van der Waals surface area contributed by atoms with Gasteiger partial charge in [0.05, 0.1) is 0 Å². The van der Waals surface area contributed by atoms with E-state index in [0.717, 1.165) is 15.9 Å². The van der Waals surface area contributed by atoms with E-state index in [9.17, 15) is 0 Å². The van der Waals surface area contributed by atoms with Crippen LogP contribution in [0.3, 0.4) is 0 Å². The summed E-state index contributed by atoms with van der Waals surface area (Å²) >= 11 is 9.23.